The third kappa shape index (κ3) is 4.88. The molecule has 0 saturated carbocycles. The van der Waals surface area contributed by atoms with Crippen molar-refractivity contribution in [2.75, 3.05) is 20.2 Å². The molecule has 1 aromatic carbocycles. The highest BCUT2D eigenvalue weighted by Gasteiger charge is 2.30. The molecule has 1 atom stereocenters. The number of sulfonamides is 1. The van der Waals surface area contributed by atoms with Gasteiger partial charge in [-0.25, -0.2) is 13.2 Å². The molecule has 0 radical (unpaired) electrons. The molecule has 0 aliphatic heterocycles. The van der Waals surface area contributed by atoms with Gasteiger partial charge < -0.3 is 10.5 Å². The van der Waals surface area contributed by atoms with Crippen molar-refractivity contribution < 1.29 is 22.9 Å². The number of nitro benzene ring substituents is 1. The molecule has 0 saturated heterocycles. The number of ether oxygens (including phenoxy) is 1. The fourth-order valence-corrected chi connectivity index (χ4v) is 3.40. The number of benzene rings is 1. The first-order chi connectivity index (χ1) is 11.1. The van der Waals surface area contributed by atoms with Crippen molar-refractivity contribution in [1.82, 2.24) is 4.31 Å². The molecule has 0 aromatic heterocycles. The number of rotatable bonds is 7. The lowest BCUT2D eigenvalue weighted by molar-refractivity contribution is -0.385. The topological polar surface area (TPSA) is 133 Å². The van der Waals surface area contributed by atoms with Crippen LogP contribution in [0.15, 0.2) is 17.0 Å². The molecule has 1 unspecified atom stereocenters. The zero-order valence-electron chi connectivity index (χ0n) is 14.4. The largest absolute Gasteiger partial charge is 0.462 e. The molecule has 2 N–H and O–H groups in total. The molecule has 1 aromatic rings. The highest BCUT2D eigenvalue weighted by molar-refractivity contribution is 7.89. The van der Waals surface area contributed by atoms with Crippen molar-refractivity contribution in [2.24, 2.45) is 5.73 Å². The van der Waals surface area contributed by atoms with Crippen LogP contribution < -0.4 is 5.73 Å². The number of halogens is 1. The maximum Gasteiger partial charge on any atom is 0.338 e. The number of carbonyl (C=O) groups is 1. The third-order valence-corrected chi connectivity index (χ3v) is 5.63. The number of likely N-dealkylation sites (N-methyl/N-ethyl adjacent to an activating group) is 1. The Hall–Kier alpha value is -1.75. The van der Waals surface area contributed by atoms with E-state index in [1.807, 2.05) is 0 Å². The lowest BCUT2D eigenvalue weighted by Gasteiger charge is -2.23. The van der Waals surface area contributed by atoms with Gasteiger partial charge in [0.1, 0.15) is 0 Å². The predicted molar refractivity (Wildman–Crippen MR) is 94.5 cm³/mol. The smallest absolute Gasteiger partial charge is 0.338 e. The number of nitro groups is 1. The minimum Gasteiger partial charge on any atom is -0.462 e. The van der Waals surface area contributed by atoms with Gasteiger partial charge >= 0.3 is 5.97 Å². The Morgan fingerprint density at radius 1 is 1.44 bits per heavy atom. The molecule has 0 fully saturated rings. The van der Waals surface area contributed by atoms with Crippen LogP contribution in [0.2, 0.25) is 0 Å². The van der Waals surface area contributed by atoms with Gasteiger partial charge in [-0.3, -0.25) is 10.1 Å². The Bertz CT molecular complexity index is 753. The zero-order chi connectivity index (χ0) is 18.7. The van der Waals surface area contributed by atoms with Gasteiger partial charge in [0.25, 0.3) is 5.69 Å². The minimum atomic E-state index is -4.05. The van der Waals surface area contributed by atoms with Crippen LogP contribution in [0.1, 0.15) is 29.8 Å². The van der Waals surface area contributed by atoms with Gasteiger partial charge in [-0.2, -0.15) is 4.31 Å². The van der Waals surface area contributed by atoms with Crippen molar-refractivity contribution in [3.05, 3.63) is 33.4 Å². The normalized spacial score (nSPS) is 12.4. The van der Waals surface area contributed by atoms with Gasteiger partial charge in [0, 0.05) is 31.3 Å². The van der Waals surface area contributed by atoms with E-state index in [0.717, 1.165) is 16.4 Å². The van der Waals surface area contributed by atoms with Crippen LogP contribution in [0.3, 0.4) is 0 Å². The van der Waals surface area contributed by atoms with Crippen molar-refractivity contribution >= 4 is 34.1 Å². The summed E-state index contributed by atoms with van der Waals surface area (Å²) in [4.78, 5) is 22.1. The second kappa shape index (κ2) is 9.09. The summed E-state index contributed by atoms with van der Waals surface area (Å²) in [7, 11) is -2.73. The van der Waals surface area contributed by atoms with E-state index in [-0.39, 0.29) is 41.6 Å². The number of carbonyl (C=O) groups excluding carboxylic acids is 1. The highest BCUT2D eigenvalue weighted by atomic mass is 35.5. The quantitative estimate of drug-likeness (QED) is 0.419. The number of hydrogen-bond acceptors (Lipinski definition) is 7. The Kier molecular flexibility index (Phi) is 8.45. The van der Waals surface area contributed by atoms with E-state index in [1.165, 1.54) is 14.0 Å². The first kappa shape index (κ1) is 23.2. The number of nitrogens with zero attached hydrogens (tertiary/aromatic N) is 2. The van der Waals surface area contributed by atoms with Crippen LogP contribution in [0.25, 0.3) is 0 Å². The fourth-order valence-electron chi connectivity index (χ4n) is 1.98. The van der Waals surface area contributed by atoms with Crippen molar-refractivity contribution in [3.63, 3.8) is 0 Å². The Morgan fingerprint density at radius 2 is 2.00 bits per heavy atom. The first-order valence-electron chi connectivity index (χ1n) is 7.22. The van der Waals surface area contributed by atoms with Crippen molar-refractivity contribution in [1.29, 1.82) is 0 Å². The van der Waals surface area contributed by atoms with E-state index in [4.69, 9.17) is 10.5 Å². The summed E-state index contributed by atoms with van der Waals surface area (Å²) in [5.41, 5.74) is 4.91. The molecule has 1 rings (SSSR count). The molecule has 0 spiro atoms. The van der Waals surface area contributed by atoms with E-state index in [0.29, 0.717) is 0 Å². The lowest BCUT2D eigenvalue weighted by Crippen LogP contribution is -2.39. The molecule has 9 nitrogen and oxygen atoms in total. The fraction of sp³-hybridized carbons (Fsp3) is 0.500. The molecule has 0 heterocycles. The Balaban J connectivity index is 0.00000576. The van der Waals surface area contributed by atoms with E-state index >= 15 is 0 Å². The summed E-state index contributed by atoms with van der Waals surface area (Å²) in [5.74, 6) is -0.815. The second-order valence-electron chi connectivity index (χ2n) is 5.20. The standard InChI is InChI=1S/C14H21N3O6S.ClH/c1-5-23-14(18)12-6-11(7-13(10(12)3)17(19)20)24(21,22)16(4)9(2)8-15;/h6-7,9H,5,8,15H2,1-4H3;1H. The molecule has 142 valence electrons. The Morgan fingerprint density at radius 3 is 2.44 bits per heavy atom. The average molecular weight is 396 g/mol. The zero-order valence-corrected chi connectivity index (χ0v) is 16.0. The number of esters is 1. The third-order valence-electron chi connectivity index (χ3n) is 3.68. The van der Waals surface area contributed by atoms with E-state index in [1.54, 1.807) is 13.8 Å². The van der Waals surface area contributed by atoms with Crippen molar-refractivity contribution in [3.8, 4) is 0 Å². The van der Waals surface area contributed by atoms with Gasteiger partial charge in [0.05, 0.1) is 22.0 Å². The predicted octanol–water partition coefficient (Wildman–Crippen LogP) is 1.47. The van der Waals surface area contributed by atoms with Crippen LogP contribution in [0.4, 0.5) is 5.69 Å². The van der Waals surface area contributed by atoms with Crippen LogP contribution >= 0.6 is 12.4 Å². The minimum absolute atomic E-state index is 0. The summed E-state index contributed by atoms with van der Waals surface area (Å²) in [5, 5.41) is 11.2. The Labute approximate surface area is 152 Å². The molecular formula is C14H22ClN3O6S. The molecule has 0 aliphatic carbocycles. The SMILES string of the molecule is CCOC(=O)c1cc(S(=O)(=O)N(C)C(C)CN)cc([N+](=O)[O-])c1C.Cl. The second-order valence-corrected chi connectivity index (χ2v) is 7.20. The van der Waals surface area contributed by atoms with Crippen LogP contribution in [-0.2, 0) is 14.8 Å². The van der Waals surface area contributed by atoms with Gasteiger partial charge in [0.2, 0.25) is 10.0 Å². The lowest BCUT2D eigenvalue weighted by atomic mass is 10.1. The summed E-state index contributed by atoms with van der Waals surface area (Å²) in [6.07, 6.45) is 0. The molecule has 0 aliphatic rings. The van der Waals surface area contributed by atoms with E-state index in [9.17, 15) is 23.3 Å². The summed E-state index contributed by atoms with van der Waals surface area (Å²) >= 11 is 0. The highest BCUT2D eigenvalue weighted by Crippen LogP contribution is 2.28. The van der Waals surface area contributed by atoms with Gasteiger partial charge in [-0.1, -0.05) is 0 Å². The van der Waals surface area contributed by atoms with Gasteiger partial charge in [-0.15, -0.1) is 12.4 Å². The van der Waals surface area contributed by atoms with Gasteiger partial charge in [0.15, 0.2) is 0 Å². The maximum absolute atomic E-state index is 12.6. The van der Waals surface area contributed by atoms with Gasteiger partial charge in [-0.05, 0) is 26.8 Å². The summed E-state index contributed by atoms with van der Waals surface area (Å²) in [6.45, 7) is 4.69. The van der Waals surface area contributed by atoms with Crippen LogP contribution in [0.5, 0.6) is 0 Å². The molecule has 0 amide bonds. The summed E-state index contributed by atoms with van der Waals surface area (Å²) < 4.78 is 31.2. The van der Waals surface area contributed by atoms with E-state index < -0.39 is 32.6 Å². The number of nitrogens with two attached hydrogens (primary N) is 1. The van der Waals surface area contributed by atoms with Crippen LogP contribution in [-0.4, -0.2) is 49.9 Å². The maximum atomic E-state index is 12.6. The molecular weight excluding hydrogens is 374 g/mol. The van der Waals surface area contributed by atoms with E-state index in [2.05, 4.69) is 0 Å². The molecule has 0 bridgehead atoms. The number of hydrogen-bond donors (Lipinski definition) is 1. The van der Waals surface area contributed by atoms with Crippen molar-refractivity contribution in [2.45, 2.75) is 31.7 Å². The van der Waals surface area contributed by atoms with Crippen LogP contribution in [0, 0.1) is 17.0 Å². The first-order valence-corrected chi connectivity index (χ1v) is 8.66. The molecule has 25 heavy (non-hydrogen) atoms. The molecule has 11 heteroatoms. The summed E-state index contributed by atoms with van der Waals surface area (Å²) in [6, 6.07) is 1.52. The monoisotopic (exact) mass is 395 g/mol. The average Bonchev–Trinajstić information content (AvgIpc) is 2.53.